The first-order valence-corrected chi connectivity index (χ1v) is 8.31. The summed E-state index contributed by atoms with van der Waals surface area (Å²) in [6.45, 7) is 3.78. The van der Waals surface area contributed by atoms with Gasteiger partial charge in [-0.2, -0.15) is 12.7 Å². The molecule has 1 fully saturated rings. The van der Waals surface area contributed by atoms with Gasteiger partial charge in [0.15, 0.2) is 0 Å². The van der Waals surface area contributed by atoms with Crippen LogP contribution in [-0.2, 0) is 10.2 Å². The van der Waals surface area contributed by atoms with Crippen molar-refractivity contribution in [2.24, 2.45) is 5.92 Å². The predicted molar refractivity (Wildman–Crippen MR) is 79.7 cm³/mol. The highest BCUT2D eigenvalue weighted by Gasteiger charge is 2.28. The summed E-state index contributed by atoms with van der Waals surface area (Å²) in [5.41, 5.74) is 1.23. The summed E-state index contributed by atoms with van der Waals surface area (Å²) in [6.07, 6.45) is 3.62. The van der Waals surface area contributed by atoms with Crippen molar-refractivity contribution in [3.8, 4) is 0 Å². The van der Waals surface area contributed by atoms with Crippen LogP contribution in [0, 0.1) is 12.8 Å². The van der Waals surface area contributed by atoms with E-state index in [1.165, 1.54) is 4.31 Å². The third-order valence-corrected chi connectivity index (χ3v) is 5.05. The lowest BCUT2D eigenvalue weighted by Gasteiger charge is -2.32. The molecule has 1 saturated heterocycles. The van der Waals surface area contributed by atoms with Crippen LogP contribution >= 0.6 is 0 Å². The second-order valence-electron chi connectivity index (χ2n) is 5.17. The number of hydrogen-bond acceptors (Lipinski definition) is 4. The molecule has 6 nitrogen and oxygen atoms in total. The van der Waals surface area contributed by atoms with Crippen molar-refractivity contribution in [2.75, 3.05) is 31.4 Å². The van der Waals surface area contributed by atoms with E-state index in [1.54, 1.807) is 25.3 Å². The largest absolute Gasteiger partial charge is 0.319 e. The summed E-state index contributed by atoms with van der Waals surface area (Å²) in [5.74, 6) is 0.375. The van der Waals surface area contributed by atoms with Crippen molar-refractivity contribution in [3.63, 3.8) is 0 Å². The van der Waals surface area contributed by atoms with Crippen LogP contribution in [0.3, 0.4) is 0 Å². The molecule has 1 aromatic heterocycles. The maximum absolute atomic E-state index is 12.4. The maximum Gasteiger partial charge on any atom is 0.301 e. The van der Waals surface area contributed by atoms with Crippen LogP contribution in [0.2, 0.25) is 0 Å². The quantitative estimate of drug-likeness (QED) is 0.850. The van der Waals surface area contributed by atoms with Crippen LogP contribution in [0.4, 0.5) is 5.69 Å². The maximum atomic E-state index is 12.4. The van der Waals surface area contributed by atoms with E-state index in [0.717, 1.165) is 19.4 Å². The number of nitrogens with one attached hydrogen (secondary N) is 2. The normalized spacial score (nSPS) is 20.8. The fourth-order valence-electron chi connectivity index (χ4n) is 2.50. The Kier molecular flexibility index (Phi) is 4.95. The molecule has 0 radical (unpaired) electrons. The van der Waals surface area contributed by atoms with E-state index >= 15 is 0 Å². The lowest BCUT2D eigenvalue weighted by atomic mass is 10.00. The van der Waals surface area contributed by atoms with Crippen molar-refractivity contribution < 1.29 is 8.42 Å². The molecule has 1 aromatic rings. The minimum absolute atomic E-state index is 0.375. The number of aryl methyl sites for hydroxylation is 1. The Bertz CT molecular complexity index is 545. The molecule has 0 aromatic carbocycles. The molecular formula is C13H22N4O2S. The summed E-state index contributed by atoms with van der Waals surface area (Å²) in [6, 6.07) is 3.46. The van der Waals surface area contributed by atoms with E-state index in [4.69, 9.17) is 0 Å². The van der Waals surface area contributed by atoms with Gasteiger partial charge in [-0.25, -0.2) is 0 Å². The molecular weight excluding hydrogens is 276 g/mol. The minimum atomic E-state index is -3.49. The fourth-order valence-corrected chi connectivity index (χ4v) is 3.90. The number of hydrogen-bond donors (Lipinski definition) is 2. The van der Waals surface area contributed by atoms with E-state index in [2.05, 4.69) is 15.0 Å². The second-order valence-corrected chi connectivity index (χ2v) is 6.84. The van der Waals surface area contributed by atoms with Crippen LogP contribution in [0.1, 0.15) is 18.5 Å². The molecule has 0 spiro atoms. The molecule has 2 N–H and O–H groups in total. The molecule has 2 heterocycles. The SMILES string of the molecule is CNCC1CCCN(S(=O)(=O)Nc2cccnc2C)C1. The molecule has 112 valence electrons. The molecule has 0 amide bonds. The highest BCUT2D eigenvalue weighted by molar-refractivity contribution is 7.90. The van der Waals surface area contributed by atoms with Gasteiger partial charge in [0.1, 0.15) is 0 Å². The zero-order valence-corrected chi connectivity index (χ0v) is 12.8. The van der Waals surface area contributed by atoms with E-state index in [0.29, 0.717) is 30.4 Å². The van der Waals surface area contributed by atoms with Crippen molar-refractivity contribution in [2.45, 2.75) is 19.8 Å². The van der Waals surface area contributed by atoms with E-state index in [9.17, 15) is 8.42 Å². The third-order valence-electron chi connectivity index (χ3n) is 3.56. The summed E-state index contributed by atoms with van der Waals surface area (Å²) < 4.78 is 29.0. The van der Waals surface area contributed by atoms with Crippen molar-refractivity contribution in [3.05, 3.63) is 24.0 Å². The Labute approximate surface area is 120 Å². The Hall–Kier alpha value is -1.18. The van der Waals surface area contributed by atoms with Gasteiger partial charge in [-0.05, 0) is 51.4 Å². The highest BCUT2D eigenvalue weighted by Crippen LogP contribution is 2.21. The Morgan fingerprint density at radius 2 is 2.30 bits per heavy atom. The average Bonchev–Trinajstić information content (AvgIpc) is 2.42. The first-order valence-electron chi connectivity index (χ1n) is 6.87. The van der Waals surface area contributed by atoms with Gasteiger partial charge in [-0.3, -0.25) is 9.71 Å². The summed E-state index contributed by atoms with van der Waals surface area (Å²) in [4.78, 5) is 4.10. The Morgan fingerprint density at radius 1 is 1.50 bits per heavy atom. The van der Waals surface area contributed by atoms with Gasteiger partial charge >= 0.3 is 10.2 Å². The van der Waals surface area contributed by atoms with Crippen molar-refractivity contribution >= 4 is 15.9 Å². The molecule has 0 saturated carbocycles. The summed E-state index contributed by atoms with van der Waals surface area (Å²) in [5, 5.41) is 3.12. The average molecular weight is 298 g/mol. The summed E-state index contributed by atoms with van der Waals surface area (Å²) >= 11 is 0. The predicted octanol–water partition coefficient (Wildman–Crippen LogP) is 0.978. The monoisotopic (exact) mass is 298 g/mol. The number of rotatable bonds is 5. The zero-order valence-electron chi connectivity index (χ0n) is 12.0. The molecule has 0 aliphatic carbocycles. The number of pyridine rings is 1. The minimum Gasteiger partial charge on any atom is -0.319 e. The summed E-state index contributed by atoms with van der Waals surface area (Å²) in [7, 11) is -1.60. The molecule has 7 heteroatoms. The molecule has 1 aliphatic rings. The first-order chi connectivity index (χ1) is 9.53. The van der Waals surface area contributed by atoms with Gasteiger partial charge in [-0.15, -0.1) is 0 Å². The van der Waals surface area contributed by atoms with Gasteiger partial charge in [-0.1, -0.05) is 0 Å². The molecule has 2 rings (SSSR count). The Morgan fingerprint density at radius 3 is 3.00 bits per heavy atom. The van der Waals surface area contributed by atoms with Gasteiger partial charge in [0.2, 0.25) is 0 Å². The zero-order chi connectivity index (χ0) is 14.6. The molecule has 1 unspecified atom stereocenters. The van der Waals surface area contributed by atoms with E-state index < -0.39 is 10.2 Å². The smallest absolute Gasteiger partial charge is 0.301 e. The topological polar surface area (TPSA) is 74.3 Å². The first kappa shape index (κ1) is 15.2. The Balaban J connectivity index is 2.08. The van der Waals surface area contributed by atoms with Gasteiger partial charge in [0.05, 0.1) is 11.4 Å². The number of anilines is 1. The lowest BCUT2D eigenvalue weighted by molar-refractivity contribution is 0.264. The van der Waals surface area contributed by atoms with Gasteiger partial charge < -0.3 is 5.32 Å². The second kappa shape index (κ2) is 6.51. The van der Waals surface area contributed by atoms with Crippen molar-refractivity contribution in [1.29, 1.82) is 0 Å². The molecule has 0 bridgehead atoms. The van der Waals surface area contributed by atoms with Crippen LogP contribution in [0.25, 0.3) is 0 Å². The molecule has 1 atom stereocenters. The number of piperidine rings is 1. The van der Waals surface area contributed by atoms with Crippen molar-refractivity contribution in [1.82, 2.24) is 14.6 Å². The highest BCUT2D eigenvalue weighted by atomic mass is 32.2. The molecule has 1 aliphatic heterocycles. The van der Waals surface area contributed by atoms with E-state index in [1.807, 2.05) is 7.05 Å². The van der Waals surface area contributed by atoms with Crippen LogP contribution in [0.15, 0.2) is 18.3 Å². The number of nitrogens with zero attached hydrogens (tertiary/aromatic N) is 2. The van der Waals surface area contributed by atoms with E-state index in [-0.39, 0.29) is 0 Å². The standard InChI is InChI=1S/C13H22N4O2S/c1-11-13(6-3-7-15-11)16-20(18,19)17-8-4-5-12(10-17)9-14-2/h3,6-7,12,14,16H,4-5,8-10H2,1-2H3. The fraction of sp³-hybridized carbons (Fsp3) is 0.615. The molecule has 20 heavy (non-hydrogen) atoms. The lowest BCUT2D eigenvalue weighted by Crippen LogP contribution is -2.44. The van der Waals surface area contributed by atoms with Crippen LogP contribution < -0.4 is 10.0 Å². The van der Waals surface area contributed by atoms with Gasteiger partial charge in [0, 0.05) is 19.3 Å². The number of aromatic nitrogens is 1. The van der Waals surface area contributed by atoms with Crippen LogP contribution in [0.5, 0.6) is 0 Å². The third kappa shape index (κ3) is 3.68. The van der Waals surface area contributed by atoms with Gasteiger partial charge in [0.25, 0.3) is 0 Å². The van der Waals surface area contributed by atoms with Crippen LogP contribution in [-0.4, -0.2) is 44.4 Å².